The van der Waals surface area contributed by atoms with Gasteiger partial charge in [0.1, 0.15) is 12.4 Å². The molecule has 0 aliphatic rings. The summed E-state index contributed by atoms with van der Waals surface area (Å²) in [5.74, 6) is 2.38. The van der Waals surface area contributed by atoms with Gasteiger partial charge in [0, 0.05) is 43.9 Å². The fraction of sp³-hybridized carbons (Fsp3) is 0.375. The molecule has 2 aromatic heterocycles. The molecule has 0 radical (unpaired) electrons. The van der Waals surface area contributed by atoms with Crippen molar-refractivity contribution >= 4 is 29.9 Å². The molecule has 0 amide bonds. The lowest BCUT2D eigenvalue weighted by atomic mass is 10.1. The molecule has 0 atom stereocenters. The molecule has 178 valence electrons. The molecule has 8 nitrogen and oxygen atoms in total. The molecule has 33 heavy (non-hydrogen) atoms. The minimum absolute atomic E-state index is 0. The Kier molecular flexibility index (Phi) is 11.7. The van der Waals surface area contributed by atoms with Crippen LogP contribution in [-0.2, 0) is 17.8 Å². The molecule has 0 fully saturated rings. The van der Waals surface area contributed by atoms with Gasteiger partial charge in [0.25, 0.3) is 0 Å². The van der Waals surface area contributed by atoms with Crippen molar-refractivity contribution in [2.75, 3.05) is 26.4 Å². The molecule has 0 saturated heterocycles. The highest BCUT2D eigenvalue weighted by molar-refractivity contribution is 14.0. The fourth-order valence-electron chi connectivity index (χ4n) is 3.08. The second kappa shape index (κ2) is 14.5. The first-order chi connectivity index (χ1) is 15.7. The van der Waals surface area contributed by atoms with Gasteiger partial charge in [-0.1, -0.05) is 12.1 Å². The first kappa shape index (κ1) is 26.6. The Morgan fingerprint density at radius 3 is 2.73 bits per heavy atom. The number of aromatic nitrogens is 3. The lowest BCUT2D eigenvalue weighted by Gasteiger charge is -2.15. The number of rotatable bonds is 11. The summed E-state index contributed by atoms with van der Waals surface area (Å²) in [5.41, 5.74) is 3.28. The van der Waals surface area contributed by atoms with Gasteiger partial charge >= 0.3 is 0 Å². The number of nitrogens with one attached hydrogen (secondary N) is 2. The number of halogens is 1. The van der Waals surface area contributed by atoms with Gasteiger partial charge in [0.15, 0.2) is 11.8 Å². The van der Waals surface area contributed by atoms with Crippen LogP contribution in [0.4, 0.5) is 0 Å². The highest BCUT2D eigenvalue weighted by atomic mass is 127. The number of nitrogens with zero attached hydrogens (tertiary/aromatic N) is 4. The third-order valence-electron chi connectivity index (χ3n) is 4.67. The quantitative estimate of drug-likeness (QED) is 0.159. The Morgan fingerprint density at radius 2 is 1.97 bits per heavy atom. The molecule has 9 heteroatoms. The first-order valence-electron chi connectivity index (χ1n) is 11.0. The zero-order valence-electron chi connectivity index (χ0n) is 19.5. The van der Waals surface area contributed by atoms with Crippen molar-refractivity contribution in [2.45, 2.75) is 33.9 Å². The van der Waals surface area contributed by atoms with Gasteiger partial charge in [-0.25, -0.2) is 14.7 Å². The zero-order chi connectivity index (χ0) is 22.6. The smallest absolute Gasteiger partial charge is 0.191 e. The summed E-state index contributed by atoms with van der Waals surface area (Å²) in [6.45, 7) is 9.78. The molecular formula is C24H33IN6O2. The van der Waals surface area contributed by atoms with Gasteiger partial charge in [-0.3, -0.25) is 0 Å². The van der Waals surface area contributed by atoms with Crippen molar-refractivity contribution in [2.24, 2.45) is 4.99 Å². The normalized spacial score (nSPS) is 11.1. The van der Waals surface area contributed by atoms with Crippen molar-refractivity contribution < 1.29 is 9.47 Å². The van der Waals surface area contributed by atoms with Crippen LogP contribution in [0.15, 0.2) is 60.0 Å². The number of hydrogen-bond donors (Lipinski definition) is 2. The molecule has 0 unspecified atom stereocenters. The van der Waals surface area contributed by atoms with Crippen LogP contribution >= 0.6 is 24.0 Å². The molecule has 2 N–H and O–H groups in total. The number of hydrogen-bond acceptors (Lipinski definition) is 5. The number of pyridine rings is 1. The molecule has 0 aliphatic carbocycles. The minimum atomic E-state index is 0. The van der Waals surface area contributed by atoms with Gasteiger partial charge in [-0.15, -0.1) is 24.0 Å². The molecule has 0 saturated carbocycles. The minimum Gasteiger partial charge on any atom is -0.491 e. The Hall–Kier alpha value is -2.66. The summed E-state index contributed by atoms with van der Waals surface area (Å²) in [6.07, 6.45) is 5.39. The van der Waals surface area contributed by atoms with E-state index in [0.717, 1.165) is 40.8 Å². The van der Waals surface area contributed by atoms with Gasteiger partial charge in [-0.05, 0) is 56.2 Å². The standard InChI is InChI=1S/C24H32N6O2.HI/c1-4-25-24(27-17-20-9-11-26-23(16-20)30-12-6-10-29-30)28-18-21-8-7-19(3)15-22(21)32-14-13-31-5-2;/h6-12,15-16H,4-5,13-14,17-18H2,1-3H3,(H2,25,27,28);1H. The molecule has 0 bridgehead atoms. The Balaban J connectivity index is 0.00000385. The number of ether oxygens (including phenoxy) is 2. The Labute approximate surface area is 212 Å². The maximum atomic E-state index is 5.95. The van der Waals surface area contributed by atoms with E-state index >= 15 is 0 Å². The van der Waals surface area contributed by atoms with Gasteiger partial charge in [0.05, 0.1) is 13.2 Å². The van der Waals surface area contributed by atoms with Crippen molar-refractivity contribution in [1.82, 2.24) is 25.4 Å². The molecule has 3 rings (SSSR count). The number of aryl methyl sites for hydroxylation is 1. The monoisotopic (exact) mass is 564 g/mol. The van der Waals surface area contributed by atoms with Crippen LogP contribution in [-0.4, -0.2) is 47.1 Å². The van der Waals surface area contributed by atoms with Crippen molar-refractivity contribution in [1.29, 1.82) is 0 Å². The van der Waals surface area contributed by atoms with Crippen LogP contribution in [0.1, 0.15) is 30.5 Å². The average molecular weight is 564 g/mol. The van der Waals surface area contributed by atoms with E-state index in [0.29, 0.717) is 32.9 Å². The molecule has 1 aromatic carbocycles. The SMILES string of the molecule is CCNC(=NCc1ccnc(-n2cccn2)c1)NCc1ccc(C)cc1OCCOCC.I. The third kappa shape index (κ3) is 8.65. The second-order valence-electron chi connectivity index (χ2n) is 7.18. The number of benzene rings is 1. The topological polar surface area (TPSA) is 85.6 Å². The molecular weight excluding hydrogens is 531 g/mol. The van der Waals surface area contributed by atoms with Gasteiger partial charge in [-0.2, -0.15) is 5.10 Å². The lowest BCUT2D eigenvalue weighted by molar-refractivity contribution is 0.110. The molecule has 2 heterocycles. The number of aliphatic imine (C=N–C) groups is 1. The summed E-state index contributed by atoms with van der Waals surface area (Å²) in [5, 5.41) is 10.9. The van der Waals surface area contributed by atoms with Crippen LogP contribution < -0.4 is 15.4 Å². The number of guanidine groups is 1. The van der Waals surface area contributed by atoms with E-state index in [1.165, 1.54) is 0 Å². The van der Waals surface area contributed by atoms with Crippen molar-refractivity contribution in [3.63, 3.8) is 0 Å². The lowest BCUT2D eigenvalue weighted by Crippen LogP contribution is -2.36. The van der Waals surface area contributed by atoms with E-state index in [1.54, 1.807) is 17.1 Å². The van der Waals surface area contributed by atoms with E-state index in [2.05, 4.69) is 45.8 Å². The van der Waals surface area contributed by atoms with Crippen LogP contribution in [0.5, 0.6) is 5.75 Å². The van der Waals surface area contributed by atoms with Crippen LogP contribution in [0.2, 0.25) is 0 Å². The predicted octanol–water partition coefficient (Wildman–Crippen LogP) is 3.86. The summed E-state index contributed by atoms with van der Waals surface area (Å²) in [6, 6.07) is 12.1. The summed E-state index contributed by atoms with van der Waals surface area (Å²) in [7, 11) is 0. The molecule has 0 spiro atoms. The predicted molar refractivity (Wildman–Crippen MR) is 142 cm³/mol. The Morgan fingerprint density at radius 1 is 1.09 bits per heavy atom. The van der Waals surface area contributed by atoms with Crippen molar-refractivity contribution in [3.8, 4) is 11.6 Å². The average Bonchev–Trinajstić information content (AvgIpc) is 3.35. The van der Waals surface area contributed by atoms with E-state index < -0.39 is 0 Å². The van der Waals surface area contributed by atoms with Crippen LogP contribution in [0, 0.1) is 6.92 Å². The maximum Gasteiger partial charge on any atom is 0.191 e. The Bertz CT molecular complexity index is 994. The maximum absolute atomic E-state index is 5.95. The highest BCUT2D eigenvalue weighted by Crippen LogP contribution is 2.20. The summed E-state index contributed by atoms with van der Waals surface area (Å²) >= 11 is 0. The van der Waals surface area contributed by atoms with Gasteiger partial charge in [0.2, 0.25) is 0 Å². The largest absolute Gasteiger partial charge is 0.491 e. The van der Waals surface area contributed by atoms with E-state index in [1.807, 2.05) is 38.2 Å². The van der Waals surface area contributed by atoms with E-state index in [4.69, 9.17) is 14.5 Å². The third-order valence-corrected chi connectivity index (χ3v) is 4.67. The highest BCUT2D eigenvalue weighted by Gasteiger charge is 2.07. The summed E-state index contributed by atoms with van der Waals surface area (Å²) in [4.78, 5) is 9.10. The zero-order valence-corrected chi connectivity index (χ0v) is 21.8. The van der Waals surface area contributed by atoms with E-state index in [9.17, 15) is 0 Å². The summed E-state index contributed by atoms with van der Waals surface area (Å²) < 4.78 is 13.1. The molecule has 0 aliphatic heterocycles. The molecule has 3 aromatic rings. The van der Waals surface area contributed by atoms with Gasteiger partial charge < -0.3 is 20.1 Å². The second-order valence-corrected chi connectivity index (χ2v) is 7.18. The fourth-order valence-corrected chi connectivity index (χ4v) is 3.08. The van der Waals surface area contributed by atoms with Crippen molar-refractivity contribution in [3.05, 3.63) is 71.7 Å². The van der Waals surface area contributed by atoms with E-state index in [-0.39, 0.29) is 24.0 Å². The van der Waals surface area contributed by atoms with Crippen LogP contribution in [0.25, 0.3) is 5.82 Å². The van der Waals surface area contributed by atoms with Crippen LogP contribution in [0.3, 0.4) is 0 Å². The first-order valence-corrected chi connectivity index (χ1v) is 11.0.